The summed E-state index contributed by atoms with van der Waals surface area (Å²) in [5.41, 5.74) is 5.58. The number of rotatable bonds is 9. The number of aryl methyl sites for hydroxylation is 1. The lowest BCUT2D eigenvalue weighted by Gasteiger charge is -2.14. The van der Waals surface area contributed by atoms with Gasteiger partial charge in [-0.2, -0.15) is 17.6 Å². The summed E-state index contributed by atoms with van der Waals surface area (Å²) in [7, 11) is -3.95. The minimum absolute atomic E-state index is 0.125. The van der Waals surface area contributed by atoms with Crippen LogP contribution in [0.25, 0.3) is 33.1 Å². The van der Waals surface area contributed by atoms with Gasteiger partial charge in [0, 0.05) is 28.9 Å². The molecule has 1 N–H and O–H groups in total. The molecular weight excluding hydrogens is 547 g/mol. The van der Waals surface area contributed by atoms with Crippen molar-refractivity contribution in [1.82, 2.24) is 19.1 Å². The molecule has 7 rings (SSSR count). The van der Waals surface area contributed by atoms with Crippen molar-refractivity contribution in [2.24, 2.45) is 0 Å². The maximum absolute atomic E-state index is 16.7. The minimum atomic E-state index is -3.95. The molecule has 0 amide bonds. The van der Waals surface area contributed by atoms with Crippen LogP contribution in [0.5, 0.6) is 0 Å². The quantitative estimate of drug-likeness (QED) is 0.208. The van der Waals surface area contributed by atoms with E-state index in [0.29, 0.717) is 40.1 Å². The van der Waals surface area contributed by atoms with E-state index in [4.69, 9.17) is 0 Å². The third-order valence-corrected chi connectivity index (χ3v) is 9.76. The summed E-state index contributed by atoms with van der Waals surface area (Å²) in [4.78, 5) is 0.125. The summed E-state index contributed by atoms with van der Waals surface area (Å²) in [5.74, 6) is -0.385. The fourth-order valence-corrected chi connectivity index (χ4v) is 7.02. The molecule has 8 heteroatoms. The maximum atomic E-state index is 16.7. The van der Waals surface area contributed by atoms with Gasteiger partial charge in [-0.3, -0.25) is 0 Å². The highest BCUT2D eigenvalue weighted by molar-refractivity contribution is 7.90. The number of nitrogens with zero attached hydrogens (tertiary/aromatic N) is 3. The van der Waals surface area contributed by atoms with Crippen molar-refractivity contribution in [3.63, 3.8) is 0 Å². The van der Waals surface area contributed by atoms with Crippen molar-refractivity contribution in [2.75, 3.05) is 6.54 Å². The maximum Gasteiger partial charge on any atom is 0.283 e. The van der Waals surface area contributed by atoms with Crippen LogP contribution in [0.1, 0.15) is 29.5 Å². The monoisotopic (exact) mass is 578 g/mol. The zero-order valence-corrected chi connectivity index (χ0v) is 24.1. The highest BCUT2D eigenvalue weighted by atomic mass is 32.2. The standard InChI is InChI=1S/C34H31FN4O2S/c1-23-7-5-6-10-28(23)34-33(35)32-29-21-37-39(42(40,41)27-8-3-2-4-9-27)30(29)17-18-31(32)38(34)22-25-13-11-24(12-14-25)19-20-36-26-15-16-26/h2-14,17-18,21,26,36H,15-16,19-20,22H2,1H3. The molecule has 0 aliphatic heterocycles. The van der Waals surface area contributed by atoms with E-state index >= 15 is 4.39 Å². The van der Waals surface area contributed by atoms with Crippen molar-refractivity contribution in [2.45, 2.75) is 43.7 Å². The van der Waals surface area contributed by atoms with E-state index in [1.54, 1.807) is 30.3 Å². The zero-order chi connectivity index (χ0) is 28.8. The third kappa shape index (κ3) is 4.70. The molecule has 1 saturated carbocycles. The number of aromatic nitrogens is 3. The van der Waals surface area contributed by atoms with Crippen molar-refractivity contribution in [3.8, 4) is 11.3 Å². The number of benzene rings is 4. The summed E-state index contributed by atoms with van der Waals surface area (Å²) in [6.07, 6.45) is 4.98. The van der Waals surface area contributed by atoms with Gasteiger partial charge in [-0.05, 0) is 73.7 Å². The SMILES string of the molecule is Cc1ccccc1-c1c(F)c2c3cnn(S(=O)(=O)c4ccccc4)c3ccc2n1Cc1ccc(CCNC2CC2)cc1. The highest BCUT2D eigenvalue weighted by Gasteiger charge is 2.26. The fourth-order valence-electron chi connectivity index (χ4n) is 5.73. The predicted molar refractivity (Wildman–Crippen MR) is 165 cm³/mol. The first-order valence-corrected chi connectivity index (χ1v) is 15.7. The van der Waals surface area contributed by atoms with E-state index in [-0.39, 0.29) is 10.7 Å². The lowest BCUT2D eigenvalue weighted by atomic mass is 10.0. The molecule has 0 radical (unpaired) electrons. The Balaban J connectivity index is 1.34. The van der Waals surface area contributed by atoms with Crippen LogP contribution in [0.2, 0.25) is 0 Å². The van der Waals surface area contributed by atoms with E-state index in [1.807, 2.05) is 35.8 Å². The Kier molecular flexibility index (Phi) is 6.67. The van der Waals surface area contributed by atoms with Gasteiger partial charge in [0.2, 0.25) is 0 Å². The summed E-state index contributed by atoms with van der Waals surface area (Å²) >= 11 is 0. The fraction of sp³-hybridized carbons (Fsp3) is 0.206. The Labute approximate surface area is 244 Å². The molecule has 2 aromatic heterocycles. The summed E-state index contributed by atoms with van der Waals surface area (Å²) in [6.45, 7) is 3.41. The normalized spacial score (nSPS) is 13.8. The van der Waals surface area contributed by atoms with Gasteiger partial charge in [-0.15, -0.1) is 0 Å². The first kappa shape index (κ1) is 26.6. The average Bonchev–Trinajstić information content (AvgIpc) is 3.65. The number of hydrogen-bond acceptors (Lipinski definition) is 4. The first-order valence-electron chi connectivity index (χ1n) is 14.3. The molecule has 2 heterocycles. The summed E-state index contributed by atoms with van der Waals surface area (Å²) in [6, 6.07) is 28.7. The van der Waals surface area contributed by atoms with E-state index in [1.165, 1.54) is 36.7 Å². The van der Waals surface area contributed by atoms with Gasteiger partial charge >= 0.3 is 0 Å². The largest absolute Gasteiger partial charge is 0.333 e. The molecule has 1 aliphatic carbocycles. The molecule has 212 valence electrons. The molecule has 1 fully saturated rings. The van der Waals surface area contributed by atoms with Crippen LogP contribution in [0, 0.1) is 12.7 Å². The Morgan fingerprint density at radius 3 is 2.31 bits per heavy atom. The van der Waals surface area contributed by atoms with Crippen LogP contribution >= 0.6 is 0 Å². The Hall–Kier alpha value is -4.27. The molecule has 42 heavy (non-hydrogen) atoms. The Morgan fingerprint density at radius 1 is 0.881 bits per heavy atom. The molecule has 0 saturated heterocycles. The van der Waals surface area contributed by atoms with E-state index in [2.05, 4.69) is 34.7 Å². The minimum Gasteiger partial charge on any atom is -0.333 e. The lowest BCUT2D eigenvalue weighted by molar-refractivity contribution is 0.582. The number of halogens is 1. The highest BCUT2D eigenvalue weighted by Crippen LogP contribution is 2.39. The van der Waals surface area contributed by atoms with Crippen LogP contribution in [-0.2, 0) is 23.0 Å². The van der Waals surface area contributed by atoms with Gasteiger partial charge in [0.05, 0.1) is 27.8 Å². The molecule has 1 aliphatic rings. The molecular formula is C34H31FN4O2S. The van der Waals surface area contributed by atoms with Crippen molar-refractivity contribution in [1.29, 1.82) is 0 Å². The molecule has 0 bridgehead atoms. The van der Waals surface area contributed by atoms with Crippen LogP contribution in [0.3, 0.4) is 0 Å². The van der Waals surface area contributed by atoms with Gasteiger partial charge in [0.15, 0.2) is 5.82 Å². The van der Waals surface area contributed by atoms with Gasteiger partial charge in [0.25, 0.3) is 10.0 Å². The summed E-state index contributed by atoms with van der Waals surface area (Å²) in [5, 5.41) is 8.62. The Bertz CT molecular complexity index is 2030. The number of nitrogens with one attached hydrogen (secondary N) is 1. The molecule has 6 nitrogen and oxygen atoms in total. The van der Waals surface area contributed by atoms with Crippen LogP contribution in [0.4, 0.5) is 4.39 Å². The van der Waals surface area contributed by atoms with Crippen LogP contribution in [0.15, 0.2) is 102 Å². The second-order valence-electron chi connectivity index (χ2n) is 11.1. The first-order chi connectivity index (χ1) is 20.4. The second kappa shape index (κ2) is 10.5. The topological polar surface area (TPSA) is 68.9 Å². The van der Waals surface area contributed by atoms with Gasteiger partial charge < -0.3 is 9.88 Å². The average molecular weight is 579 g/mol. The molecule has 0 spiro atoms. The van der Waals surface area contributed by atoms with Crippen LogP contribution < -0.4 is 5.32 Å². The number of hydrogen-bond donors (Lipinski definition) is 1. The van der Waals surface area contributed by atoms with Gasteiger partial charge in [-0.25, -0.2) is 4.39 Å². The van der Waals surface area contributed by atoms with Crippen molar-refractivity contribution in [3.05, 3.63) is 120 Å². The third-order valence-electron chi connectivity index (χ3n) is 8.14. The molecule has 6 aromatic rings. The van der Waals surface area contributed by atoms with E-state index < -0.39 is 10.0 Å². The molecule has 4 aromatic carbocycles. The summed E-state index contributed by atoms with van der Waals surface area (Å²) < 4.78 is 46.5. The van der Waals surface area contributed by atoms with Gasteiger partial charge in [0.1, 0.15) is 0 Å². The van der Waals surface area contributed by atoms with E-state index in [9.17, 15) is 8.42 Å². The van der Waals surface area contributed by atoms with Crippen molar-refractivity contribution < 1.29 is 12.8 Å². The van der Waals surface area contributed by atoms with E-state index in [0.717, 1.165) is 33.7 Å². The zero-order valence-electron chi connectivity index (χ0n) is 23.3. The van der Waals surface area contributed by atoms with Gasteiger partial charge in [-0.1, -0.05) is 66.7 Å². The smallest absolute Gasteiger partial charge is 0.283 e. The predicted octanol–water partition coefficient (Wildman–Crippen LogP) is 6.69. The van der Waals surface area contributed by atoms with Crippen molar-refractivity contribution >= 4 is 31.8 Å². The molecule has 0 unspecified atom stereocenters. The van der Waals surface area contributed by atoms with Crippen LogP contribution in [-0.4, -0.2) is 34.8 Å². The molecule has 0 atom stereocenters. The number of fused-ring (bicyclic) bond motifs is 3. The Morgan fingerprint density at radius 2 is 1.57 bits per heavy atom. The lowest BCUT2D eigenvalue weighted by Crippen LogP contribution is -2.19. The second-order valence-corrected chi connectivity index (χ2v) is 12.8.